The average Bonchev–Trinajstić information content (AvgIpc) is 2.94. The van der Waals surface area contributed by atoms with Crippen LogP contribution in [0.25, 0.3) is 10.8 Å². The molecule has 1 aliphatic rings. The normalized spacial score (nSPS) is 12.0. The third kappa shape index (κ3) is 3.91. The minimum Gasteiger partial charge on any atom is -0.497 e. The lowest BCUT2D eigenvalue weighted by molar-refractivity contribution is 0.415. The van der Waals surface area contributed by atoms with Gasteiger partial charge >= 0.3 is 0 Å². The molecule has 5 aromatic rings. The molecule has 0 aliphatic carbocycles. The largest absolute Gasteiger partial charge is 0.497 e. The molecule has 0 bridgehead atoms. The van der Waals surface area contributed by atoms with Gasteiger partial charge in [-0.15, -0.1) is 0 Å². The van der Waals surface area contributed by atoms with Gasteiger partial charge < -0.3 is 19.7 Å². The van der Waals surface area contributed by atoms with Gasteiger partial charge in [0.2, 0.25) is 0 Å². The van der Waals surface area contributed by atoms with E-state index in [4.69, 9.17) is 14.5 Å². The fourth-order valence-electron chi connectivity index (χ4n) is 4.61. The highest BCUT2D eigenvalue weighted by Gasteiger charge is 2.17. The Kier molecular flexibility index (Phi) is 5.51. The number of nitrogens with one attached hydrogen (secondary N) is 1. The Bertz CT molecular complexity index is 1500. The number of hydrogen-bond acceptors (Lipinski definition) is 5. The van der Waals surface area contributed by atoms with Gasteiger partial charge in [0.1, 0.15) is 17.3 Å². The van der Waals surface area contributed by atoms with Crippen LogP contribution in [0.4, 0.5) is 28.4 Å². The topological polar surface area (TPSA) is 46.1 Å². The quantitative estimate of drug-likeness (QED) is 0.274. The van der Waals surface area contributed by atoms with E-state index in [1.807, 2.05) is 24.3 Å². The van der Waals surface area contributed by atoms with E-state index >= 15 is 0 Å². The van der Waals surface area contributed by atoms with Crippen LogP contribution in [0, 0.1) is 0 Å². The zero-order chi connectivity index (χ0) is 24.5. The van der Waals surface area contributed by atoms with Crippen molar-refractivity contribution < 1.29 is 9.47 Å². The molecule has 0 saturated carbocycles. The molecular formula is C31H25N3O2. The fourth-order valence-corrected chi connectivity index (χ4v) is 4.61. The highest BCUT2D eigenvalue weighted by atomic mass is 16.5. The van der Waals surface area contributed by atoms with Crippen molar-refractivity contribution in [3.8, 4) is 11.5 Å². The first kappa shape index (κ1) is 21.7. The molecule has 0 unspecified atom stereocenters. The second kappa shape index (κ2) is 9.12. The Morgan fingerprint density at radius 1 is 0.611 bits per heavy atom. The Labute approximate surface area is 210 Å². The third-order valence-electron chi connectivity index (χ3n) is 6.43. The molecule has 0 aromatic heterocycles. The maximum absolute atomic E-state index is 5.36. The van der Waals surface area contributed by atoms with E-state index in [-0.39, 0.29) is 0 Å². The first-order chi connectivity index (χ1) is 17.7. The fraction of sp³-hybridized carbons (Fsp3) is 0.0645. The van der Waals surface area contributed by atoms with E-state index in [1.165, 1.54) is 5.39 Å². The van der Waals surface area contributed by atoms with Crippen LogP contribution < -0.4 is 19.7 Å². The summed E-state index contributed by atoms with van der Waals surface area (Å²) in [5.74, 6) is 2.48. The van der Waals surface area contributed by atoms with E-state index in [1.54, 1.807) is 14.2 Å². The molecule has 0 fully saturated rings. The highest BCUT2D eigenvalue weighted by Crippen LogP contribution is 2.38. The summed E-state index contributed by atoms with van der Waals surface area (Å²) < 4.78 is 10.7. The number of anilines is 4. The molecule has 0 radical (unpaired) electrons. The number of nitrogens with zero attached hydrogens (tertiary/aromatic N) is 2. The molecule has 5 nitrogen and oxygen atoms in total. The highest BCUT2D eigenvalue weighted by molar-refractivity contribution is 6.19. The van der Waals surface area contributed by atoms with Crippen molar-refractivity contribution in [1.82, 2.24) is 0 Å². The second-order valence-electron chi connectivity index (χ2n) is 8.54. The molecule has 6 rings (SSSR count). The van der Waals surface area contributed by atoms with Gasteiger partial charge in [-0.1, -0.05) is 24.3 Å². The van der Waals surface area contributed by atoms with Gasteiger partial charge in [0, 0.05) is 33.7 Å². The molecule has 0 saturated heterocycles. The van der Waals surface area contributed by atoms with Crippen molar-refractivity contribution in [3.05, 3.63) is 115 Å². The maximum Gasteiger partial charge on any atom is 0.138 e. The summed E-state index contributed by atoms with van der Waals surface area (Å²) in [6, 6.07) is 37.1. The van der Waals surface area contributed by atoms with Crippen molar-refractivity contribution in [2.24, 2.45) is 4.99 Å². The van der Waals surface area contributed by atoms with Gasteiger partial charge in [0.25, 0.3) is 0 Å². The summed E-state index contributed by atoms with van der Waals surface area (Å²) in [5.41, 5.74) is 6.18. The lowest BCUT2D eigenvalue weighted by Crippen LogP contribution is -2.16. The summed E-state index contributed by atoms with van der Waals surface area (Å²) in [6.07, 6.45) is 0. The van der Waals surface area contributed by atoms with Gasteiger partial charge in [-0.3, -0.25) is 0 Å². The number of hydrogen-bond donors (Lipinski definition) is 1. The SMILES string of the molecule is COc1ccc(N(c2ccc(OC)cc2)c2ccc(C3=Nc4cccc5cccc(c45)N3)cc2)cc1. The van der Waals surface area contributed by atoms with Crippen molar-refractivity contribution in [3.63, 3.8) is 0 Å². The number of aliphatic imine (C=N–C) groups is 1. The minimum atomic E-state index is 0.820. The predicted octanol–water partition coefficient (Wildman–Crippen LogP) is 7.83. The van der Waals surface area contributed by atoms with Crippen LogP contribution in [-0.2, 0) is 0 Å². The molecule has 1 aliphatic heterocycles. The van der Waals surface area contributed by atoms with Crippen LogP contribution in [0.15, 0.2) is 114 Å². The molecule has 0 atom stereocenters. The van der Waals surface area contributed by atoms with Gasteiger partial charge in [0.05, 0.1) is 19.9 Å². The summed E-state index contributed by atoms with van der Waals surface area (Å²) in [7, 11) is 3.35. The first-order valence-corrected chi connectivity index (χ1v) is 11.8. The molecule has 1 heterocycles. The smallest absolute Gasteiger partial charge is 0.138 e. The van der Waals surface area contributed by atoms with Crippen LogP contribution in [0.5, 0.6) is 11.5 Å². The van der Waals surface area contributed by atoms with Gasteiger partial charge in [0.15, 0.2) is 0 Å². The molecule has 176 valence electrons. The monoisotopic (exact) mass is 471 g/mol. The van der Waals surface area contributed by atoms with Crippen molar-refractivity contribution >= 4 is 45.0 Å². The summed E-state index contributed by atoms with van der Waals surface area (Å²) in [5, 5.41) is 5.87. The zero-order valence-corrected chi connectivity index (χ0v) is 20.1. The first-order valence-electron chi connectivity index (χ1n) is 11.8. The predicted molar refractivity (Wildman–Crippen MR) is 148 cm³/mol. The van der Waals surface area contributed by atoms with Crippen molar-refractivity contribution in [2.75, 3.05) is 24.4 Å². The number of rotatable bonds is 6. The lowest BCUT2D eigenvalue weighted by Gasteiger charge is -2.26. The maximum atomic E-state index is 5.36. The van der Waals surface area contributed by atoms with E-state index in [9.17, 15) is 0 Å². The number of benzene rings is 5. The number of amidine groups is 1. The minimum absolute atomic E-state index is 0.820. The summed E-state index contributed by atoms with van der Waals surface area (Å²) >= 11 is 0. The van der Waals surface area contributed by atoms with Crippen LogP contribution in [-0.4, -0.2) is 20.1 Å². The van der Waals surface area contributed by atoms with E-state index in [2.05, 4.69) is 95.1 Å². The van der Waals surface area contributed by atoms with Gasteiger partial charge in [-0.25, -0.2) is 4.99 Å². The molecule has 5 aromatic carbocycles. The molecular weight excluding hydrogens is 446 g/mol. The Morgan fingerprint density at radius 3 is 1.69 bits per heavy atom. The van der Waals surface area contributed by atoms with Crippen LogP contribution in [0.1, 0.15) is 5.56 Å². The second-order valence-corrected chi connectivity index (χ2v) is 8.54. The van der Waals surface area contributed by atoms with Gasteiger partial charge in [-0.05, 0) is 90.3 Å². The van der Waals surface area contributed by atoms with Crippen LogP contribution in [0.3, 0.4) is 0 Å². The van der Waals surface area contributed by atoms with E-state index in [0.717, 1.165) is 56.7 Å². The van der Waals surface area contributed by atoms with Gasteiger partial charge in [-0.2, -0.15) is 0 Å². The van der Waals surface area contributed by atoms with Crippen molar-refractivity contribution in [2.45, 2.75) is 0 Å². The van der Waals surface area contributed by atoms with Crippen molar-refractivity contribution in [1.29, 1.82) is 0 Å². The Hall–Kier alpha value is -4.77. The lowest BCUT2D eigenvalue weighted by atomic mass is 10.0. The van der Waals surface area contributed by atoms with Crippen LogP contribution in [0.2, 0.25) is 0 Å². The molecule has 1 N–H and O–H groups in total. The molecule has 36 heavy (non-hydrogen) atoms. The summed E-state index contributed by atoms with van der Waals surface area (Å²) in [6.45, 7) is 0. The number of ether oxygens (including phenoxy) is 2. The average molecular weight is 472 g/mol. The molecule has 0 spiro atoms. The van der Waals surface area contributed by atoms with Crippen LogP contribution >= 0.6 is 0 Å². The van der Waals surface area contributed by atoms with E-state index < -0.39 is 0 Å². The summed E-state index contributed by atoms with van der Waals surface area (Å²) in [4.78, 5) is 7.13. The molecule has 5 heteroatoms. The standard InChI is InChI=1S/C31H25N3O2/c1-35-26-17-13-24(14-18-26)34(25-15-19-27(36-2)20-16-25)23-11-9-22(10-12-23)31-32-28-7-3-5-21-6-4-8-29(33-31)30(21)28/h3-20H,1-2H3,(H,32,33). The number of methoxy groups -OCH3 is 2. The zero-order valence-electron chi connectivity index (χ0n) is 20.1. The molecule has 0 amide bonds. The Morgan fingerprint density at radius 2 is 1.14 bits per heavy atom. The van der Waals surface area contributed by atoms with E-state index in [0.29, 0.717) is 0 Å². The Balaban J connectivity index is 1.38. The third-order valence-corrected chi connectivity index (χ3v) is 6.43.